The molecule has 7 nitrogen and oxygen atoms in total. The molecule has 0 spiro atoms. The Kier molecular flexibility index (Phi) is 4.46. The summed E-state index contributed by atoms with van der Waals surface area (Å²) in [6, 6.07) is 9.28. The van der Waals surface area contributed by atoms with E-state index in [0.29, 0.717) is 37.6 Å². The molecule has 0 aliphatic carbocycles. The SMILES string of the molecule is COc1ccc2ccn(C(=O)OC(C#N)N3CCOCC3)c2c1. The minimum Gasteiger partial charge on any atom is -0.497 e. The van der Waals surface area contributed by atoms with Gasteiger partial charge in [0, 0.05) is 30.7 Å². The lowest BCUT2D eigenvalue weighted by Gasteiger charge is -2.29. The number of nitriles is 1. The van der Waals surface area contributed by atoms with Gasteiger partial charge in [-0.25, -0.2) is 4.79 Å². The molecule has 1 atom stereocenters. The van der Waals surface area contributed by atoms with Crippen molar-refractivity contribution in [2.45, 2.75) is 6.23 Å². The molecule has 1 aromatic heterocycles. The van der Waals surface area contributed by atoms with E-state index < -0.39 is 12.3 Å². The molecule has 0 saturated carbocycles. The van der Waals surface area contributed by atoms with Crippen LogP contribution in [0.25, 0.3) is 10.9 Å². The van der Waals surface area contributed by atoms with Gasteiger partial charge in [-0.2, -0.15) is 5.26 Å². The molecular formula is C16H17N3O4. The van der Waals surface area contributed by atoms with E-state index in [9.17, 15) is 10.1 Å². The number of methoxy groups -OCH3 is 1. The van der Waals surface area contributed by atoms with Crippen LogP contribution in [0.1, 0.15) is 0 Å². The van der Waals surface area contributed by atoms with Gasteiger partial charge in [0.05, 0.1) is 25.8 Å². The first kappa shape index (κ1) is 15.3. The second-order valence-electron chi connectivity index (χ2n) is 5.12. The molecule has 1 fully saturated rings. The van der Waals surface area contributed by atoms with Crippen LogP contribution in [0.5, 0.6) is 5.75 Å². The fourth-order valence-electron chi connectivity index (χ4n) is 2.54. The molecule has 1 aliphatic heterocycles. The summed E-state index contributed by atoms with van der Waals surface area (Å²) >= 11 is 0. The summed E-state index contributed by atoms with van der Waals surface area (Å²) in [5, 5.41) is 10.2. The van der Waals surface area contributed by atoms with Gasteiger partial charge < -0.3 is 14.2 Å². The van der Waals surface area contributed by atoms with Crippen molar-refractivity contribution in [3.63, 3.8) is 0 Å². The third-order valence-corrected chi connectivity index (χ3v) is 3.80. The predicted octanol–water partition coefficient (Wildman–Crippen LogP) is 1.82. The Hall–Kier alpha value is -2.56. The molecule has 120 valence electrons. The van der Waals surface area contributed by atoms with Crippen molar-refractivity contribution in [2.75, 3.05) is 33.4 Å². The number of rotatable bonds is 3. The highest BCUT2D eigenvalue weighted by Gasteiger charge is 2.25. The lowest BCUT2D eigenvalue weighted by Crippen LogP contribution is -2.45. The fourth-order valence-corrected chi connectivity index (χ4v) is 2.54. The van der Waals surface area contributed by atoms with E-state index in [4.69, 9.17) is 14.2 Å². The van der Waals surface area contributed by atoms with Crippen molar-refractivity contribution in [1.29, 1.82) is 5.26 Å². The molecule has 3 rings (SSSR count). The molecule has 2 aromatic rings. The van der Waals surface area contributed by atoms with Gasteiger partial charge in [0.15, 0.2) is 0 Å². The Morgan fingerprint density at radius 1 is 1.35 bits per heavy atom. The molecule has 23 heavy (non-hydrogen) atoms. The number of nitrogens with zero attached hydrogens (tertiary/aromatic N) is 3. The summed E-state index contributed by atoms with van der Waals surface area (Å²) in [5.41, 5.74) is 0.674. The van der Waals surface area contributed by atoms with Gasteiger partial charge in [-0.3, -0.25) is 9.47 Å². The van der Waals surface area contributed by atoms with Crippen LogP contribution in [0.3, 0.4) is 0 Å². The number of aromatic nitrogens is 1. The number of hydrogen-bond acceptors (Lipinski definition) is 6. The molecule has 7 heteroatoms. The third kappa shape index (κ3) is 3.13. The zero-order valence-corrected chi connectivity index (χ0v) is 12.8. The number of hydrogen-bond donors (Lipinski definition) is 0. The third-order valence-electron chi connectivity index (χ3n) is 3.80. The van der Waals surface area contributed by atoms with Crippen LogP contribution < -0.4 is 4.74 Å². The van der Waals surface area contributed by atoms with Crippen molar-refractivity contribution >= 4 is 17.0 Å². The largest absolute Gasteiger partial charge is 0.497 e. The van der Waals surface area contributed by atoms with Crippen molar-refractivity contribution in [1.82, 2.24) is 9.47 Å². The summed E-state index contributed by atoms with van der Waals surface area (Å²) in [6.07, 6.45) is 0.112. The average molecular weight is 315 g/mol. The lowest BCUT2D eigenvalue weighted by molar-refractivity contribution is -0.0391. The summed E-state index contributed by atoms with van der Waals surface area (Å²) < 4.78 is 17.2. The van der Waals surface area contributed by atoms with Crippen molar-refractivity contribution in [3.8, 4) is 11.8 Å². The number of carbonyl (C=O) groups excluding carboxylic acids is 1. The summed E-state index contributed by atoms with van der Waals surface area (Å²) in [4.78, 5) is 14.2. The number of fused-ring (bicyclic) bond motifs is 1. The second kappa shape index (κ2) is 6.69. The van der Waals surface area contributed by atoms with Crippen LogP contribution in [0.4, 0.5) is 4.79 Å². The highest BCUT2D eigenvalue weighted by Crippen LogP contribution is 2.22. The van der Waals surface area contributed by atoms with Crippen LogP contribution in [-0.2, 0) is 9.47 Å². The fraction of sp³-hybridized carbons (Fsp3) is 0.375. The number of morpholine rings is 1. The molecule has 1 unspecified atom stereocenters. The first-order chi connectivity index (χ1) is 11.2. The van der Waals surface area contributed by atoms with E-state index >= 15 is 0 Å². The summed E-state index contributed by atoms with van der Waals surface area (Å²) in [7, 11) is 1.57. The standard InChI is InChI=1S/C16H17N3O4/c1-21-13-3-2-12-4-5-19(14(12)10-13)16(20)23-15(11-17)18-6-8-22-9-7-18/h2-5,10,15H,6-9H2,1H3. The Balaban J connectivity index is 1.81. The van der Waals surface area contributed by atoms with E-state index in [1.165, 1.54) is 4.57 Å². The smallest absolute Gasteiger partial charge is 0.420 e. The van der Waals surface area contributed by atoms with Gasteiger partial charge in [-0.15, -0.1) is 0 Å². The number of carbonyl (C=O) groups is 1. The minimum atomic E-state index is -0.922. The zero-order valence-electron chi connectivity index (χ0n) is 12.8. The molecule has 0 radical (unpaired) electrons. The summed E-state index contributed by atoms with van der Waals surface area (Å²) in [5.74, 6) is 0.648. The molecule has 1 aliphatic rings. The van der Waals surface area contributed by atoms with E-state index in [0.717, 1.165) is 5.39 Å². The molecule has 0 bridgehead atoms. The maximum absolute atomic E-state index is 12.4. The second-order valence-corrected chi connectivity index (χ2v) is 5.12. The molecule has 1 saturated heterocycles. The predicted molar refractivity (Wildman–Crippen MR) is 82.2 cm³/mol. The Morgan fingerprint density at radius 2 is 2.13 bits per heavy atom. The molecule has 0 N–H and O–H groups in total. The minimum absolute atomic E-state index is 0.527. The number of benzene rings is 1. The zero-order chi connectivity index (χ0) is 16.2. The molecule has 0 amide bonds. The van der Waals surface area contributed by atoms with Gasteiger partial charge in [-0.1, -0.05) is 0 Å². The van der Waals surface area contributed by atoms with Gasteiger partial charge >= 0.3 is 6.09 Å². The first-order valence-corrected chi connectivity index (χ1v) is 7.30. The highest BCUT2D eigenvalue weighted by atomic mass is 16.6. The van der Waals surface area contributed by atoms with Crippen LogP contribution in [0, 0.1) is 11.3 Å². The maximum atomic E-state index is 12.4. The topological polar surface area (TPSA) is 76.7 Å². The Bertz CT molecular complexity index is 743. The number of ether oxygens (including phenoxy) is 3. The van der Waals surface area contributed by atoms with Crippen LogP contribution in [0.2, 0.25) is 0 Å². The highest BCUT2D eigenvalue weighted by molar-refractivity contribution is 5.90. The average Bonchev–Trinajstić information content (AvgIpc) is 3.03. The molecule has 1 aromatic carbocycles. The van der Waals surface area contributed by atoms with Crippen molar-refractivity contribution in [2.24, 2.45) is 0 Å². The Labute approximate surface area is 133 Å². The molecular weight excluding hydrogens is 298 g/mol. The van der Waals surface area contributed by atoms with Crippen molar-refractivity contribution in [3.05, 3.63) is 30.5 Å². The normalized spacial score (nSPS) is 16.7. The summed E-state index contributed by atoms with van der Waals surface area (Å²) in [6.45, 7) is 2.18. The maximum Gasteiger partial charge on any atom is 0.420 e. The van der Waals surface area contributed by atoms with Gasteiger partial charge in [0.1, 0.15) is 11.8 Å². The monoisotopic (exact) mass is 315 g/mol. The van der Waals surface area contributed by atoms with E-state index in [1.807, 2.05) is 24.3 Å². The van der Waals surface area contributed by atoms with Crippen LogP contribution >= 0.6 is 0 Å². The Morgan fingerprint density at radius 3 is 2.83 bits per heavy atom. The van der Waals surface area contributed by atoms with E-state index in [-0.39, 0.29) is 0 Å². The van der Waals surface area contributed by atoms with Crippen LogP contribution in [0.15, 0.2) is 30.5 Å². The first-order valence-electron chi connectivity index (χ1n) is 7.30. The quantitative estimate of drug-likeness (QED) is 0.860. The molecule has 2 heterocycles. The van der Waals surface area contributed by atoms with Gasteiger partial charge in [-0.05, 0) is 18.2 Å². The van der Waals surface area contributed by atoms with Gasteiger partial charge in [0.25, 0.3) is 0 Å². The van der Waals surface area contributed by atoms with E-state index in [2.05, 4.69) is 0 Å². The van der Waals surface area contributed by atoms with E-state index in [1.54, 1.807) is 24.3 Å². The van der Waals surface area contributed by atoms with Gasteiger partial charge in [0.2, 0.25) is 6.23 Å². The van der Waals surface area contributed by atoms with Crippen LogP contribution in [-0.4, -0.2) is 55.2 Å². The lowest BCUT2D eigenvalue weighted by atomic mass is 10.2. The van der Waals surface area contributed by atoms with Crippen molar-refractivity contribution < 1.29 is 19.0 Å².